The number of benzene rings is 1. The molecule has 4 N–H and O–H groups in total. The van der Waals surface area contributed by atoms with Crippen LogP contribution in [-0.2, 0) is 11.3 Å². The van der Waals surface area contributed by atoms with E-state index in [1.54, 1.807) is 0 Å². The van der Waals surface area contributed by atoms with Crippen molar-refractivity contribution in [1.82, 2.24) is 0 Å². The van der Waals surface area contributed by atoms with E-state index in [2.05, 4.69) is 4.84 Å². The predicted molar refractivity (Wildman–Crippen MR) is 43.6 cm³/mol. The highest BCUT2D eigenvalue weighted by molar-refractivity contribution is 5.42. The zero-order valence-corrected chi connectivity index (χ0v) is 6.83. The van der Waals surface area contributed by atoms with E-state index in [4.69, 9.17) is 16.1 Å². The second kappa shape index (κ2) is 4.06. The van der Waals surface area contributed by atoms with Crippen LogP contribution in [0.3, 0.4) is 0 Å². The number of rotatable bonds is 3. The maximum Gasteiger partial charge on any atom is 0.194 e. The Morgan fingerprint density at radius 2 is 2.08 bits per heavy atom. The molecule has 0 radical (unpaired) electrons. The van der Waals surface area contributed by atoms with E-state index in [9.17, 15) is 4.39 Å². The monoisotopic (exact) mass is 187 g/mol. The number of hydrogen-bond acceptors (Lipinski definition) is 4. The summed E-state index contributed by atoms with van der Waals surface area (Å²) in [5.74, 6) is 2.71. The molecule has 0 unspecified atom stereocenters. The van der Waals surface area contributed by atoms with Crippen molar-refractivity contribution in [3.63, 3.8) is 0 Å². The predicted octanol–water partition coefficient (Wildman–Crippen LogP) is 0.670. The summed E-state index contributed by atoms with van der Waals surface area (Å²) >= 11 is 0. The molecule has 0 saturated carbocycles. The van der Waals surface area contributed by atoms with Crippen molar-refractivity contribution in [2.45, 2.75) is 6.42 Å². The van der Waals surface area contributed by atoms with Crippen LogP contribution in [0.4, 0.5) is 4.39 Å². The third-order valence-electron chi connectivity index (χ3n) is 1.66. The minimum atomic E-state index is -0.836. The van der Waals surface area contributed by atoms with Crippen LogP contribution in [-0.4, -0.2) is 16.8 Å². The Bertz CT molecular complexity index is 304. The van der Waals surface area contributed by atoms with E-state index in [0.717, 1.165) is 0 Å². The van der Waals surface area contributed by atoms with E-state index < -0.39 is 17.3 Å². The van der Waals surface area contributed by atoms with Gasteiger partial charge in [0.25, 0.3) is 0 Å². The number of hydrogen-bond donors (Lipinski definition) is 3. The van der Waals surface area contributed by atoms with E-state index in [0.29, 0.717) is 0 Å². The highest BCUT2D eigenvalue weighted by Crippen LogP contribution is 2.29. The summed E-state index contributed by atoms with van der Waals surface area (Å²) in [5, 5.41) is 17.9. The van der Waals surface area contributed by atoms with Gasteiger partial charge < -0.3 is 15.1 Å². The Kier molecular flexibility index (Phi) is 3.05. The quantitative estimate of drug-likeness (QED) is 0.480. The molecule has 0 amide bonds. The number of halogens is 1. The molecule has 0 aliphatic carbocycles. The molecule has 1 rings (SSSR count). The van der Waals surface area contributed by atoms with Crippen LogP contribution in [0.2, 0.25) is 0 Å². The van der Waals surface area contributed by atoms with Gasteiger partial charge in [-0.25, -0.2) is 10.3 Å². The highest BCUT2D eigenvalue weighted by Gasteiger charge is 2.10. The van der Waals surface area contributed by atoms with Crippen LogP contribution >= 0.6 is 0 Å². The van der Waals surface area contributed by atoms with Crippen molar-refractivity contribution < 1.29 is 19.4 Å². The Morgan fingerprint density at radius 3 is 2.69 bits per heavy atom. The van der Waals surface area contributed by atoms with Crippen molar-refractivity contribution >= 4 is 0 Å². The highest BCUT2D eigenvalue weighted by atomic mass is 19.1. The maximum absolute atomic E-state index is 13.1. The minimum absolute atomic E-state index is 0.154. The fraction of sp³-hybridized carbons (Fsp3) is 0.250. The van der Waals surface area contributed by atoms with Gasteiger partial charge in [0.15, 0.2) is 17.3 Å². The molecular formula is C8H10FNO3. The molecule has 5 heteroatoms. The second-order valence-electron chi connectivity index (χ2n) is 2.53. The van der Waals surface area contributed by atoms with Gasteiger partial charge in [-0.1, -0.05) is 6.07 Å². The van der Waals surface area contributed by atoms with Gasteiger partial charge in [0, 0.05) is 6.42 Å². The summed E-state index contributed by atoms with van der Waals surface area (Å²) in [6.07, 6.45) is 0.246. The lowest BCUT2D eigenvalue weighted by molar-refractivity contribution is 0.140. The molecule has 1 aromatic rings. The largest absolute Gasteiger partial charge is 0.504 e. The van der Waals surface area contributed by atoms with Gasteiger partial charge in [0.05, 0.1) is 6.61 Å². The lowest BCUT2D eigenvalue weighted by Gasteiger charge is -2.04. The Hall–Kier alpha value is -1.33. The van der Waals surface area contributed by atoms with Crippen LogP contribution in [0.1, 0.15) is 5.56 Å². The topological polar surface area (TPSA) is 75.7 Å². The number of phenols is 2. The SMILES string of the molecule is NOCCc1ccc(O)c(O)c1F. The fourth-order valence-corrected chi connectivity index (χ4v) is 0.958. The summed E-state index contributed by atoms with van der Waals surface area (Å²) in [4.78, 5) is 4.26. The molecule has 72 valence electrons. The van der Waals surface area contributed by atoms with Crippen molar-refractivity contribution in [3.05, 3.63) is 23.5 Å². The summed E-state index contributed by atoms with van der Waals surface area (Å²) in [7, 11) is 0. The third-order valence-corrected chi connectivity index (χ3v) is 1.66. The van der Waals surface area contributed by atoms with Crippen molar-refractivity contribution in [1.29, 1.82) is 0 Å². The first-order valence-corrected chi connectivity index (χ1v) is 3.67. The molecule has 1 aromatic carbocycles. The number of phenolic OH excluding ortho intramolecular Hbond substituents is 2. The van der Waals surface area contributed by atoms with Gasteiger partial charge in [-0.3, -0.25) is 0 Å². The van der Waals surface area contributed by atoms with Gasteiger partial charge >= 0.3 is 0 Å². The van der Waals surface area contributed by atoms with Crippen LogP contribution in [0.25, 0.3) is 0 Å². The molecule has 13 heavy (non-hydrogen) atoms. The Morgan fingerprint density at radius 1 is 1.38 bits per heavy atom. The molecule has 0 atom stereocenters. The molecule has 0 heterocycles. The van der Waals surface area contributed by atoms with Crippen LogP contribution in [0.15, 0.2) is 12.1 Å². The minimum Gasteiger partial charge on any atom is -0.504 e. The molecule has 0 aromatic heterocycles. The normalized spacial score (nSPS) is 10.3. The number of aromatic hydroxyl groups is 2. The van der Waals surface area contributed by atoms with E-state index >= 15 is 0 Å². The molecule has 0 aliphatic heterocycles. The second-order valence-corrected chi connectivity index (χ2v) is 2.53. The summed E-state index contributed by atoms with van der Waals surface area (Å²) in [6, 6.07) is 2.58. The standard InChI is InChI=1S/C8H10FNO3/c9-7-5(3-4-13-10)1-2-6(11)8(7)12/h1-2,11-12H,3-4,10H2. The Balaban J connectivity index is 2.90. The molecule has 4 nitrogen and oxygen atoms in total. The number of nitrogens with two attached hydrogens (primary N) is 1. The van der Waals surface area contributed by atoms with Crippen molar-refractivity contribution in [3.8, 4) is 11.5 Å². The maximum atomic E-state index is 13.1. The smallest absolute Gasteiger partial charge is 0.194 e. The molecule has 0 spiro atoms. The molecular weight excluding hydrogens is 177 g/mol. The van der Waals surface area contributed by atoms with Gasteiger partial charge in [-0.05, 0) is 11.6 Å². The third kappa shape index (κ3) is 2.07. The lowest BCUT2D eigenvalue weighted by Crippen LogP contribution is -2.04. The average Bonchev–Trinajstić information content (AvgIpc) is 2.13. The lowest BCUT2D eigenvalue weighted by atomic mass is 10.1. The van der Waals surface area contributed by atoms with E-state index in [1.807, 2.05) is 0 Å². The zero-order chi connectivity index (χ0) is 9.84. The van der Waals surface area contributed by atoms with Gasteiger partial charge in [0.1, 0.15) is 0 Å². The molecule has 0 saturated heterocycles. The van der Waals surface area contributed by atoms with Gasteiger partial charge in [-0.15, -0.1) is 0 Å². The molecule has 0 bridgehead atoms. The first-order valence-electron chi connectivity index (χ1n) is 3.67. The van der Waals surface area contributed by atoms with E-state index in [-0.39, 0.29) is 18.6 Å². The van der Waals surface area contributed by atoms with Gasteiger partial charge in [-0.2, -0.15) is 0 Å². The first-order chi connectivity index (χ1) is 6.16. The molecule has 0 aliphatic rings. The van der Waals surface area contributed by atoms with Crippen LogP contribution in [0, 0.1) is 5.82 Å². The Labute approximate surface area is 74.3 Å². The summed E-state index contributed by atoms with van der Waals surface area (Å²) in [5.41, 5.74) is 0.251. The van der Waals surface area contributed by atoms with Crippen molar-refractivity contribution in [2.75, 3.05) is 6.61 Å². The zero-order valence-electron chi connectivity index (χ0n) is 6.83. The van der Waals surface area contributed by atoms with Crippen LogP contribution in [0.5, 0.6) is 11.5 Å². The summed E-state index contributed by atoms with van der Waals surface area (Å²) in [6.45, 7) is 0.154. The molecule has 0 fully saturated rings. The van der Waals surface area contributed by atoms with Gasteiger partial charge in [0.2, 0.25) is 0 Å². The fourth-order valence-electron chi connectivity index (χ4n) is 0.958. The first kappa shape index (κ1) is 9.76. The van der Waals surface area contributed by atoms with Crippen LogP contribution < -0.4 is 5.90 Å². The van der Waals surface area contributed by atoms with E-state index in [1.165, 1.54) is 12.1 Å². The van der Waals surface area contributed by atoms with Crippen molar-refractivity contribution in [2.24, 2.45) is 5.90 Å². The summed E-state index contributed by atoms with van der Waals surface area (Å²) < 4.78 is 13.1. The average molecular weight is 187 g/mol.